The molecule has 0 saturated carbocycles. The lowest BCUT2D eigenvalue weighted by molar-refractivity contribution is -0.136. The quantitative estimate of drug-likeness (QED) is 0.810. The van der Waals surface area contributed by atoms with Gasteiger partial charge in [0.1, 0.15) is 0 Å². The maximum atomic E-state index is 12.7. The fourth-order valence-corrected chi connectivity index (χ4v) is 2.75. The molecule has 0 radical (unpaired) electrons. The van der Waals surface area contributed by atoms with Crippen LogP contribution in [0, 0.1) is 0 Å². The van der Waals surface area contributed by atoms with Crippen molar-refractivity contribution in [3.8, 4) is 0 Å². The average molecular weight is 291 g/mol. The van der Waals surface area contributed by atoms with E-state index in [2.05, 4.69) is 0 Å². The number of hydrogen-bond donors (Lipinski definition) is 0. The van der Waals surface area contributed by atoms with Crippen LogP contribution in [0.5, 0.6) is 0 Å². The molecule has 3 rings (SSSR count). The highest BCUT2D eigenvalue weighted by molar-refractivity contribution is 6.48. The zero-order valence-corrected chi connectivity index (χ0v) is 12.5. The third-order valence-electron chi connectivity index (χ3n) is 3.74. The lowest BCUT2D eigenvalue weighted by Crippen LogP contribution is -2.32. The molecule has 1 heterocycles. The smallest absolute Gasteiger partial charge is 0.262 e. The van der Waals surface area contributed by atoms with E-state index in [-0.39, 0.29) is 11.8 Å². The van der Waals surface area contributed by atoms with Crippen LogP contribution in [-0.4, -0.2) is 23.3 Å². The molecule has 0 aromatic heterocycles. The molecule has 0 unspecified atom stereocenters. The van der Waals surface area contributed by atoms with Gasteiger partial charge in [-0.15, -0.1) is 0 Å². The van der Waals surface area contributed by atoms with Crippen molar-refractivity contribution < 1.29 is 9.59 Å². The number of rotatable bonds is 4. The first-order valence-corrected chi connectivity index (χ1v) is 7.45. The van der Waals surface area contributed by atoms with Crippen LogP contribution in [0.2, 0.25) is 0 Å². The number of amides is 2. The summed E-state index contributed by atoms with van der Waals surface area (Å²) in [5, 5.41) is 0. The van der Waals surface area contributed by atoms with Crippen LogP contribution >= 0.6 is 0 Å². The highest BCUT2D eigenvalue weighted by Crippen LogP contribution is 2.35. The van der Waals surface area contributed by atoms with E-state index >= 15 is 0 Å². The summed E-state index contributed by atoms with van der Waals surface area (Å²) in [6.45, 7) is 2.41. The molecule has 3 heteroatoms. The van der Waals surface area contributed by atoms with Gasteiger partial charge in [0.2, 0.25) is 0 Å². The van der Waals surface area contributed by atoms with E-state index < -0.39 is 0 Å². The van der Waals surface area contributed by atoms with Gasteiger partial charge < -0.3 is 0 Å². The molecule has 0 atom stereocenters. The van der Waals surface area contributed by atoms with E-state index in [1.165, 1.54) is 4.90 Å². The lowest BCUT2D eigenvalue weighted by atomic mass is 9.96. The topological polar surface area (TPSA) is 37.4 Å². The summed E-state index contributed by atoms with van der Waals surface area (Å²) in [5.74, 6) is -0.395. The van der Waals surface area contributed by atoms with E-state index in [0.717, 1.165) is 17.5 Å². The van der Waals surface area contributed by atoms with Crippen LogP contribution in [0.25, 0.3) is 11.1 Å². The summed E-state index contributed by atoms with van der Waals surface area (Å²) in [4.78, 5) is 26.8. The summed E-state index contributed by atoms with van der Waals surface area (Å²) in [5.41, 5.74) is 2.59. The Morgan fingerprint density at radius 1 is 0.727 bits per heavy atom. The Balaban J connectivity index is 2.19. The van der Waals surface area contributed by atoms with Gasteiger partial charge in [-0.3, -0.25) is 14.5 Å². The minimum Gasteiger partial charge on any atom is -0.274 e. The summed E-state index contributed by atoms with van der Waals surface area (Å²) in [7, 11) is 0. The Bertz CT molecular complexity index is 671. The fourth-order valence-electron chi connectivity index (χ4n) is 2.75. The number of hydrogen-bond acceptors (Lipinski definition) is 2. The van der Waals surface area contributed by atoms with Gasteiger partial charge in [-0.25, -0.2) is 0 Å². The van der Waals surface area contributed by atoms with Crippen molar-refractivity contribution in [2.45, 2.75) is 13.3 Å². The molecule has 110 valence electrons. The van der Waals surface area contributed by atoms with Crippen LogP contribution in [0.4, 0.5) is 0 Å². The molecule has 1 aliphatic heterocycles. The third-order valence-corrected chi connectivity index (χ3v) is 3.74. The molecule has 2 amide bonds. The van der Waals surface area contributed by atoms with Gasteiger partial charge in [0.25, 0.3) is 11.8 Å². The van der Waals surface area contributed by atoms with Crippen LogP contribution < -0.4 is 0 Å². The Morgan fingerprint density at radius 3 is 1.50 bits per heavy atom. The average Bonchev–Trinajstić information content (AvgIpc) is 2.81. The summed E-state index contributed by atoms with van der Waals surface area (Å²) >= 11 is 0. The second-order valence-electron chi connectivity index (χ2n) is 5.24. The predicted octanol–water partition coefficient (Wildman–Crippen LogP) is 3.38. The van der Waals surface area contributed by atoms with Gasteiger partial charge in [0, 0.05) is 6.54 Å². The first kappa shape index (κ1) is 14.3. The van der Waals surface area contributed by atoms with Gasteiger partial charge in [-0.1, -0.05) is 67.6 Å². The second-order valence-corrected chi connectivity index (χ2v) is 5.24. The van der Waals surface area contributed by atoms with Crippen molar-refractivity contribution in [3.05, 3.63) is 71.8 Å². The maximum absolute atomic E-state index is 12.7. The highest BCUT2D eigenvalue weighted by atomic mass is 16.2. The molecular formula is C19H17NO2. The van der Waals surface area contributed by atoms with Crippen molar-refractivity contribution >= 4 is 23.0 Å². The van der Waals surface area contributed by atoms with Crippen molar-refractivity contribution in [2.24, 2.45) is 0 Å². The Hall–Kier alpha value is -2.68. The van der Waals surface area contributed by atoms with Gasteiger partial charge in [0.15, 0.2) is 0 Å². The number of carbonyl (C=O) groups is 2. The van der Waals surface area contributed by atoms with Crippen LogP contribution in [0.3, 0.4) is 0 Å². The van der Waals surface area contributed by atoms with Crippen molar-refractivity contribution in [2.75, 3.05) is 6.54 Å². The number of carbonyl (C=O) groups excluding carboxylic acids is 2. The first-order valence-electron chi connectivity index (χ1n) is 7.45. The Morgan fingerprint density at radius 2 is 1.14 bits per heavy atom. The zero-order chi connectivity index (χ0) is 15.5. The highest BCUT2D eigenvalue weighted by Gasteiger charge is 2.38. The van der Waals surface area contributed by atoms with Gasteiger partial charge >= 0.3 is 0 Å². The third kappa shape index (κ3) is 2.35. The minimum absolute atomic E-state index is 0.197. The Kier molecular flexibility index (Phi) is 3.88. The normalized spacial score (nSPS) is 14.9. The number of imide groups is 1. The number of benzene rings is 2. The van der Waals surface area contributed by atoms with E-state index in [1.54, 1.807) is 0 Å². The lowest BCUT2D eigenvalue weighted by Gasteiger charge is -2.13. The van der Waals surface area contributed by atoms with Crippen LogP contribution in [0.1, 0.15) is 24.5 Å². The minimum atomic E-state index is -0.197. The van der Waals surface area contributed by atoms with Gasteiger partial charge in [-0.05, 0) is 17.5 Å². The van der Waals surface area contributed by atoms with Crippen LogP contribution in [-0.2, 0) is 9.59 Å². The molecule has 3 nitrogen and oxygen atoms in total. The first-order chi connectivity index (χ1) is 10.7. The van der Waals surface area contributed by atoms with Crippen molar-refractivity contribution in [1.29, 1.82) is 0 Å². The van der Waals surface area contributed by atoms with Crippen molar-refractivity contribution in [3.63, 3.8) is 0 Å². The molecule has 22 heavy (non-hydrogen) atoms. The maximum Gasteiger partial charge on any atom is 0.262 e. The molecular weight excluding hydrogens is 274 g/mol. The van der Waals surface area contributed by atoms with E-state index in [1.807, 2.05) is 67.6 Å². The largest absolute Gasteiger partial charge is 0.274 e. The monoisotopic (exact) mass is 291 g/mol. The zero-order valence-electron chi connectivity index (χ0n) is 12.5. The molecule has 0 spiro atoms. The standard InChI is InChI=1S/C19H17NO2/c1-2-13-20-18(21)16(14-9-5-3-6-10-14)17(19(20)22)15-11-7-4-8-12-15/h3-12H,2,13H2,1H3. The molecule has 1 aliphatic rings. The summed E-state index contributed by atoms with van der Waals surface area (Å²) in [6, 6.07) is 18.8. The Labute approximate surface area is 129 Å². The van der Waals surface area contributed by atoms with E-state index in [4.69, 9.17) is 0 Å². The van der Waals surface area contributed by atoms with Crippen molar-refractivity contribution in [1.82, 2.24) is 4.90 Å². The fraction of sp³-hybridized carbons (Fsp3) is 0.158. The van der Waals surface area contributed by atoms with E-state index in [0.29, 0.717) is 17.7 Å². The molecule has 0 bridgehead atoms. The van der Waals surface area contributed by atoms with Gasteiger partial charge in [-0.2, -0.15) is 0 Å². The SMILES string of the molecule is CCCN1C(=O)C(c2ccccc2)=C(c2ccccc2)C1=O. The van der Waals surface area contributed by atoms with Crippen LogP contribution in [0.15, 0.2) is 60.7 Å². The molecule has 2 aromatic carbocycles. The molecule has 0 fully saturated rings. The second kappa shape index (κ2) is 5.98. The molecule has 0 N–H and O–H groups in total. The molecule has 2 aromatic rings. The number of nitrogens with zero attached hydrogens (tertiary/aromatic N) is 1. The predicted molar refractivity (Wildman–Crippen MR) is 86.7 cm³/mol. The summed E-state index contributed by atoms with van der Waals surface area (Å²) in [6.07, 6.45) is 0.752. The van der Waals surface area contributed by atoms with E-state index in [9.17, 15) is 9.59 Å². The molecule has 0 aliphatic carbocycles. The molecule has 0 saturated heterocycles. The van der Waals surface area contributed by atoms with Gasteiger partial charge in [0.05, 0.1) is 11.1 Å². The summed E-state index contributed by atoms with van der Waals surface area (Å²) < 4.78 is 0.